The smallest absolute Gasteiger partial charge is 0.326 e. The Hall–Kier alpha value is -1.40. The molecule has 2 aliphatic heterocycles. The summed E-state index contributed by atoms with van der Waals surface area (Å²) in [4.78, 5) is 28.3. The molecule has 1 aromatic rings. The molecule has 4 rings (SSSR count). The van der Waals surface area contributed by atoms with Gasteiger partial charge in [-0.05, 0) is 36.8 Å². The van der Waals surface area contributed by atoms with Gasteiger partial charge in [-0.1, -0.05) is 12.8 Å². The summed E-state index contributed by atoms with van der Waals surface area (Å²) in [5.41, 5.74) is 1.09. The minimum absolute atomic E-state index is 0.0915. The molecule has 1 aliphatic carbocycles. The molecule has 0 aromatic carbocycles. The van der Waals surface area contributed by atoms with Gasteiger partial charge in [0.05, 0.1) is 18.1 Å². The molecule has 3 aliphatic rings. The number of nitrogens with zero attached hydrogens (tertiary/aromatic N) is 1. The molecule has 0 radical (unpaired) electrons. The fraction of sp³-hybridized carbons (Fsp3) is 0.647. The van der Waals surface area contributed by atoms with Gasteiger partial charge in [-0.2, -0.15) is 0 Å². The maximum Gasteiger partial charge on any atom is 0.326 e. The van der Waals surface area contributed by atoms with Gasteiger partial charge < -0.3 is 14.7 Å². The molecule has 3 atom stereocenters. The van der Waals surface area contributed by atoms with Gasteiger partial charge in [-0.15, -0.1) is 11.3 Å². The van der Waals surface area contributed by atoms with Crippen molar-refractivity contribution in [3.05, 3.63) is 21.4 Å². The predicted molar refractivity (Wildman–Crippen MR) is 85.6 cm³/mol. The topological polar surface area (TPSA) is 66.8 Å². The monoisotopic (exact) mass is 335 g/mol. The summed E-state index contributed by atoms with van der Waals surface area (Å²) in [5, 5.41) is 9.58. The second-order valence-corrected chi connectivity index (χ2v) is 7.91. The number of hydrogen-bond donors (Lipinski definition) is 1. The minimum Gasteiger partial charge on any atom is -0.480 e. The lowest BCUT2D eigenvalue weighted by Crippen LogP contribution is -2.46. The van der Waals surface area contributed by atoms with Gasteiger partial charge in [0, 0.05) is 17.3 Å². The largest absolute Gasteiger partial charge is 0.480 e. The number of carboxylic acids is 1. The zero-order chi connectivity index (χ0) is 16.0. The molecule has 23 heavy (non-hydrogen) atoms. The van der Waals surface area contributed by atoms with Crippen LogP contribution >= 0.6 is 11.3 Å². The summed E-state index contributed by atoms with van der Waals surface area (Å²) in [6.07, 6.45) is 5.69. The Morgan fingerprint density at radius 2 is 2.13 bits per heavy atom. The van der Waals surface area contributed by atoms with Crippen LogP contribution in [0, 0.1) is 5.92 Å². The molecular formula is C17H21NO4S. The third-order valence-corrected chi connectivity index (χ3v) is 6.67. The molecule has 0 spiro atoms. The zero-order valence-electron chi connectivity index (χ0n) is 13.0. The Morgan fingerprint density at radius 1 is 1.30 bits per heavy atom. The van der Waals surface area contributed by atoms with Crippen molar-refractivity contribution in [3.8, 4) is 0 Å². The number of carbonyl (C=O) groups is 2. The summed E-state index contributed by atoms with van der Waals surface area (Å²) in [5.74, 6) is -0.602. The van der Waals surface area contributed by atoms with Gasteiger partial charge in [0.25, 0.3) is 5.91 Å². The number of ether oxygens (including phenoxy) is 1. The van der Waals surface area contributed by atoms with Crippen molar-refractivity contribution in [3.63, 3.8) is 0 Å². The molecule has 0 bridgehead atoms. The van der Waals surface area contributed by atoms with E-state index >= 15 is 0 Å². The number of likely N-dealkylation sites (tertiary alicyclic amines) is 1. The molecule has 1 N–H and O–H groups in total. The molecule has 3 heterocycles. The van der Waals surface area contributed by atoms with Gasteiger partial charge in [0.1, 0.15) is 6.04 Å². The molecule has 124 valence electrons. The van der Waals surface area contributed by atoms with Crippen LogP contribution in [0.2, 0.25) is 0 Å². The SMILES string of the molecule is O=C(O)C1CC2CCCCC2N1C(=O)c1cc2c(s1)CCOC2. The van der Waals surface area contributed by atoms with Crippen LogP contribution in [0.25, 0.3) is 0 Å². The van der Waals surface area contributed by atoms with E-state index in [1.807, 2.05) is 6.07 Å². The quantitative estimate of drug-likeness (QED) is 0.902. The minimum atomic E-state index is -0.864. The second-order valence-electron chi connectivity index (χ2n) is 6.78. The lowest BCUT2D eigenvalue weighted by Gasteiger charge is -2.32. The summed E-state index contributed by atoms with van der Waals surface area (Å²) >= 11 is 1.52. The standard InChI is InChI=1S/C17H21NO4S/c19-16(15-8-11-9-22-6-5-14(11)23-15)18-12-4-2-1-3-10(12)7-13(18)17(20)21/h8,10,12-13H,1-7,9H2,(H,20,21). The molecular weight excluding hydrogens is 314 g/mol. The third kappa shape index (κ3) is 2.58. The number of amides is 1. The van der Waals surface area contributed by atoms with Gasteiger partial charge in [0.15, 0.2) is 0 Å². The van der Waals surface area contributed by atoms with Crippen LogP contribution in [0.5, 0.6) is 0 Å². The number of aliphatic carboxylic acids is 1. The van der Waals surface area contributed by atoms with E-state index in [2.05, 4.69) is 0 Å². The van der Waals surface area contributed by atoms with Crippen LogP contribution in [0.4, 0.5) is 0 Å². The van der Waals surface area contributed by atoms with Crippen LogP contribution in [0.3, 0.4) is 0 Å². The highest BCUT2D eigenvalue weighted by Gasteiger charge is 2.48. The van der Waals surface area contributed by atoms with Crippen LogP contribution < -0.4 is 0 Å². The average Bonchev–Trinajstić information content (AvgIpc) is 3.15. The molecule has 1 amide bonds. The van der Waals surface area contributed by atoms with Crippen LogP contribution in [-0.4, -0.2) is 40.6 Å². The number of carbonyl (C=O) groups excluding carboxylic acids is 1. The normalized spacial score (nSPS) is 29.9. The van der Waals surface area contributed by atoms with Gasteiger partial charge >= 0.3 is 5.97 Å². The highest BCUT2D eigenvalue weighted by molar-refractivity contribution is 7.14. The van der Waals surface area contributed by atoms with Crippen molar-refractivity contribution < 1.29 is 19.4 Å². The lowest BCUT2D eigenvalue weighted by molar-refractivity contribution is -0.141. The zero-order valence-corrected chi connectivity index (χ0v) is 13.8. The van der Waals surface area contributed by atoms with Crippen LogP contribution in [0.1, 0.15) is 52.2 Å². The molecule has 5 nitrogen and oxygen atoms in total. The van der Waals surface area contributed by atoms with Crippen LogP contribution in [-0.2, 0) is 22.6 Å². The van der Waals surface area contributed by atoms with Crippen molar-refractivity contribution in [1.29, 1.82) is 0 Å². The summed E-state index contributed by atoms with van der Waals surface area (Å²) in [6.45, 7) is 1.26. The highest BCUT2D eigenvalue weighted by atomic mass is 32.1. The number of fused-ring (bicyclic) bond motifs is 2. The van der Waals surface area contributed by atoms with E-state index in [0.29, 0.717) is 30.4 Å². The van der Waals surface area contributed by atoms with Crippen LogP contribution in [0.15, 0.2) is 6.07 Å². The Bertz CT molecular complexity index is 617. The van der Waals surface area contributed by atoms with E-state index in [-0.39, 0.29) is 11.9 Å². The Kier molecular flexibility index (Phi) is 3.89. The highest BCUT2D eigenvalue weighted by Crippen LogP contribution is 2.41. The third-order valence-electron chi connectivity index (χ3n) is 5.45. The van der Waals surface area contributed by atoms with Crippen molar-refractivity contribution in [2.24, 2.45) is 5.92 Å². The summed E-state index contributed by atoms with van der Waals surface area (Å²) < 4.78 is 5.45. The van der Waals surface area contributed by atoms with Crippen molar-refractivity contribution in [2.45, 2.75) is 57.2 Å². The average molecular weight is 335 g/mol. The Labute approximate surface area is 139 Å². The molecule has 2 fully saturated rings. The maximum absolute atomic E-state index is 13.1. The van der Waals surface area contributed by atoms with Crippen molar-refractivity contribution in [1.82, 2.24) is 4.90 Å². The number of carboxylic acid groups (broad SMARTS) is 1. The maximum atomic E-state index is 13.1. The Balaban J connectivity index is 1.64. The molecule has 1 saturated carbocycles. The molecule has 6 heteroatoms. The Morgan fingerprint density at radius 3 is 2.91 bits per heavy atom. The fourth-order valence-corrected chi connectivity index (χ4v) is 5.45. The first-order valence-corrected chi connectivity index (χ1v) is 9.21. The summed E-state index contributed by atoms with van der Waals surface area (Å²) in [7, 11) is 0. The first-order valence-electron chi connectivity index (χ1n) is 8.40. The van der Waals surface area contributed by atoms with Crippen molar-refractivity contribution >= 4 is 23.2 Å². The van der Waals surface area contributed by atoms with E-state index in [4.69, 9.17) is 4.74 Å². The fourth-order valence-electron chi connectivity index (χ4n) is 4.35. The van der Waals surface area contributed by atoms with Gasteiger partial charge in [-0.3, -0.25) is 4.79 Å². The first-order chi connectivity index (χ1) is 11.1. The van der Waals surface area contributed by atoms with E-state index in [1.165, 1.54) is 16.2 Å². The second kappa shape index (κ2) is 5.91. The number of rotatable bonds is 2. The van der Waals surface area contributed by atoms with Gasteiger partial charge in [-0.25, -0.2) is 4.79 Å². The first kappa shape index (κ1) is 15.1. The number of hydrogen-bond acceptors (Lipinski definition) is 4. The lowest BCUT2D eigenvalue weighted by atomic mass is 9.85. The van der Waals surface area contributed by atoms with Gasteiger partial charge in [0.2, 0.25) is 0 Å². The van der Waals surface area contributed by atoms with E-state index in [1.54, 1.807) is 4.90 Å². The van der Waals surface area contributed by atoms with Crippen molar-refractivity contribution in [2.75, 3.05) is 6.61 Å². The van der Waals surface area contributed by atoms with E-state index in [9.17, 15) is 14.7 Å². The summed E-state index contributed by atoms with van der Waals surface area (Å²) in [6, 6.07) is 1.36. The molecule has 1 aromatic heterocycles. The molecule has 1 saturated heterocycles. The van der Waals surface area contributed by atoms with E-state index in [0.717, 1.165) is 37.7 Å². The number of thiophene rings is 1. The molecule has 3 unspecified atom stereocenters. The predicted octanol–water partition coefficient (Wildman–Crippen LogP) is 2.68. The van der Waals surface area contributed by atoms with E-state index < -0.39 is 12.0 Å².